The summed E-state index contributed by atoms with van der Waals surface area (Å²) >= 11 is 1.47. The van der Waals surface area contributed by atoms with Crippen LogP contribution in [0.5, 0.6) is 0 Å². The molecule has 0 spiro atoms. The van der Waals surface area contributed by atoms with Gasteiger partial charge in [-0.05, 0) is 19.1 Å². The molecule has 2 aromatic rings. The highest BCUT2D eigenvalue weighted by Crippen LogP contribution is 2.35. The molecule has 0 fully saturated rings. The van der Waals surface area contributed by atoms with E-state index in [0.717, 1.165) is 9.75 Å². The molecule has 17 heavy (non-hydrogen) atoms. The lowest BCUT2D eigenvalue weighted by atomic mass is 10.2. The minimum absolute atomic E-state index is 0.0862. The zero-order valence-electron chi connectivity index (χ0n) is 9.30. The summed E-state index contributed by atoms with van der Waals surface area (Å²) in [7, 11) is 1.60. The second-order valence-electron chi connectivity index (χ2n) is 3.34. The van der Waals surface area contributed by atoms with Crippen molar-refractivity contribution in [3.8, 4) is 10.6 Å². The third kappa shape index (κ3) is 2.09. The van der Waals surface area contributed by atoms with Gasteiger partial charge in [0.05, 0.1) is 9.80 Å². The normalized spacial score (nSPS) is 10.2. The Balaban J connectivity index is 2.65. The van der Waals surface area contributed by atoms with Crippen LogP contribution in [0.15, 0.2) is 18.5 Å². The average molecular weight is 250 g/mol. The van der Waals surface area contributed by atoms with Gasteiger partial charge in [0.2, 0.25) is 5.82 Å². The van der Waals surface area contributed by atoms with E-state index in [9.17, 15) is 10.1 Å². The number of aryl methyl sites for hydroxylation is 1. The smallest absolute Gasteiger partial charge is 0.338 e. The summed E-state index contributed by atoms with van der Waals surface area (Å²) in [5.41, 5.74) is 0.268. The van der Waals surface area contributed by atoms with Crippen LogP contribution in [0.3, 0.4) is 0 Å². The number of thiophene rings is 1. The van der Waals surface area contributed by atoms with Gasteiger partial charge < -0.3 is 5.32 Å². The SMILES string of the molecule is CNc1ncnc(-c2ccc(C)s2)c1[N+](=O)[O-]. The molecule has 0 atom stereocenters. The van der Waals surface area contributed by atoms with Gasteiger partial charge in [-0.25, -0.2) is 9.97 Å². The summed E-state index contributed by atoms with van der Waals surface area (Å²) in [6, 6.07) is 3.74. The van der Waals surface area contributed by atoms with Gasteiger partial charge in [-0.1, -0.05) is 0 Å². The van der Waals surface area contributed by atoms with Crippen molar-refractivity contribution in [3.63, 3.8) is 0 Å². The largest absolute Gasteiger partial charge is 0.367 e. The van der Waals surface area contributed by atoms with Crippen LogP contribution in [0.2, 0.25) is 0 Å². The van der Waals surface area contributed by atoms with Crippen molar-refractivity contribution < 1.29 is 4.92 Å². The minimum atomic E-state index is -0.462. The molecule has 0 aliphatic heterocycles. The van der Waals surface area contributed by atoms with E-state index in [1.807, 2.05) is 19.1 Å². The molecular formula is C10H10N4O2S. The molecule has 0 bridgehead atoms. The van der Waals surface area contributed by atoms with Crippen molar-refractivity contribution in [1.82, 2.24) is 9.97 Å². The summed E-state index contributed by atoms with van der Waals surface area (Å²) in [6.45, 7) is 1.94. The zero-order chi connectivity index (χ0) is 12.4. The first-order valence-corrected chi connectivity index (χ1v) is 5.69. The third-order valence-corrected chi connectivity index (χ3v) is 3.22. The van der Waals surface area contributed by atoms with E-state index in [1.165, 1.54) is 17.7 Å². The van der Waals surface area contributed by atoms with E-state index in [2.05, 4.69) is 15.3 Å². The van der Waals surface area contributed by atoms with Crippen molar-refractivity contribution in [3.05, 3.63) is 33.5 Å². The van der Waals surface area contributed by atoms with Crippen LogP contribution in [-0.2, 0) is 0 Å². The van der Waals surface area contributed by atoms with Gasteiger partial charge in [-0.15, -0.1) is 11.3 Å². The topological polar surface area (TPSA) is 81.0 Å². The van der Waals surface area contributed by atoms with Crippen molar-refractivity contribution >= 4 is 22.8 Å². The fraction of sp³-hybridized carbons (Fsp3) is 0.200. The van der Waals surface area contributed by atoms with Gasteiger partial charge >= 0.3 is 5.69 Å². The highest BCUT2D eigenvalue weighted by molar-refractivity contribution is 7.15. The minimum Gasteiger partial charge on any atom is -0.367 e. The molecule has 2 heterocycles. The Labute approximate surface area is 102 Å². The molecule has 2 aromatic heterocycles. The molecule has 0 aliphatic rings. The molecule has 6 nitrogen and oxygen atoms in total. The van der Waals surface area contributed by atoms with Crippen LogP contribution < -0.4 is 5.32 Å². The summed E-state index contributed by atoms with van der Waals surface area (Å²) < 4.78 is 0. The molecule has 0 amide bonds. The first kappa shape index (κ1) is 11.5. The second kappa shape index (κ2) is 4.46. The Hall–Kier alpha value is -2.02. The highest BCUT2D eigenvalue weighted by Gasteiger charge is 2.23. The molecule has 1 N–H and O–H groups in total. The Kier molecular flexibility index (Phi) is 3.01. The van der Waals surface area contributed by atoms with Crippen molar-refractivity contribution in [1.29, 1.82) is 0 Å². The molecular weight excluding hydrogens is 240 g/mol. The first-order valence-electron chi connectivity index (χ1n) is 4.87. The van der Waals surface area contributed by atoms with E-state index >= 15 is 0 Å². The molecule has 88 valence electrons. The Morgan fingerprint density at radius 1 is 1.41 bits per heavy atom. The lowest BCUT2D eigenvalue weighted by Crippen LogP contribution is -2.02. The monoisotopic (exact) mass is 250 g/mol. The molecule has 0 aliphatic carbocycles. The molecule has 2 rings (SSSR count). The Morgan fingerprint density at radius 3 is 2.71 bits per heavy atom. The van der Waals surface area contributed by atoms with Crippen molar-refractivity contribution in [2.75, 3.05) is 12.4 Å². The van der Waals surface area contributed by atoms with E-state index in [-0.39, 0.29) is 11.5 Å². The van der Waals surface area contributed by atoms with Crippen LogP contribution in [-0.4, -0.2) is 21.9 Å². The zero-order valence-corrected chi connectivity index (χ0v) is 10.1. The van der Waals surface area contributed by atoms with Gasteiger partial charge in [0.25, 0.3) is 0 Å². The van der Waals surface area contributed by atoms with Crippen LogP contribution in [0.1, 0.15) is 4.88 Å². The fourth-order valence-corrected chi connectivity index (χ4v) is 2.34. The number of nitro groups is 1. The number of nitrogens with zero attached hydrogens (tertiary/aromatic N) is 3. The number of nitrogens with one attached hydrogen (secondary N) is 1. The lowest BCUT2D eigenvalue weighted by molar-refractivity contribution is -0.383. The molecule has 7 heteroatoms. The number of hydrogen-bond acceptors (Lipinski definition) is 6. The first-order chi connectivity index (χ1) is 8.13. The molecule has 0 saturated heterocycles. The highest BCUT2D eigenvalue weighted by atomic mass is 32.1. The van der Waals surface area contributed by atoms with Crippen molar-refractivity contribution in [2.45, 2.75) is 6.92 Å². The van der Waals surface area contributed by atoms with E-state index in [4.69, 9.17) is 0 Å². The number of anilines is 1. The van der Waals surface area contributed by atoms with Gasteiger partial charge in [0.15, 0.2) is 5.69 Å². The standard InChI is InChI=1S/C10H10N4O2S/c1-6-3-4-7(17-6)8-9(14(15)16)10(11-2)13-5-12-8/h3-5H,1-2H3,(H,11,12,13). The van der Waals surface area contributed by atoms with Gasteiger partial charge in [0, 0.05) is 11.9 Å². The summed E-state index contributed by atoms with van der Waals surface area (Å²) in [5, 5.41) is 13.8. The Morgan fingerprint density at radius 2 is 2.18 bits per heavy atom. The summed E-state index contributed by atoms with van der Waals surface area (Å²) in [4.78, 5) is 20.3. The summed E-state index contributed by atoms with van der Waals surface area (Å²) in [5.74, 6) is 0.228. The molecule has 0 saturated carbocycles. The lowest BCUT2D eigenvalue weighted by Gasteiger charge is -2.03. The summed E-state index contributed by atoms with van der Waals surface area (Å²) in [6.07, 6.45) is 1.32. The second-order valence-corrected chi connectivity index (χ2v) is 4.62. The fourth-order valence-electron chi connectivity index (χ4n) is 1.48. The number of hydrogen-bond donors (Lipinski definition) is 1. The number of rotatable bonds is 3. The number of aromatic nitrogens is 2. The molecule has 0 unspecified atom stereocenters. The predicted octanol–water partition coefficient (Wildman–Crippen LogP) is 2.46. The van der Waals surface area contributed by atoms with Crippen LogP contribution >= 0.6 is 11.3 Å². The molecule has 0 radical (unpaired) electrons. The van der Waals surface area contributed by atoms with E-state index < -0.39 is 4.92 Å². The van der Waals surface area contributed by atoms with Gasteiger partial charge in [-0.2, -0.15) is 0 Å². The maximum absolute atomic E-state index is 11.1. The predicted molar refractivity (Wildman–Crippen MR) is 66.3 cm³/mol. The van der Waals surface area contributed by atoms with Gasteiger partial charge in [0.1, 0.15) is 6.33 Å². The van der Waals surface area contributed by atoms with Crippen LogP contribution in [0, 0.1) is 17.0 Å². The van der Waals surface area contributed by atoms with E-state index in [0.29, 0.717) is 5.69 Å². The van der Waals surface area contributed by atoms with E-state index in [1.54, 1.807) is 7.05 Å². The van der Waals surface area contributed by atoms with Gasteiger partial charge in [-0.3, -0.25) is 10.1 Å². The maximum Gasteiger partial charge on any atom is 0.338 e. The van der Waals surface area contributed by atoms with Crippen molar-refractivity contribution in [2.24, 2.45) is 0 Å². The maximum atomic E-state index is 11.1. The van der Waals surface area contributed by atoms with Crippen LogP contribution in [0.4, 0.5) is 11.5 Å². The third-order valence-electron chi connectivity index (χ3n) is 2.22. The molecule has 0 aromatic carbocycles. The van der Waals surface area contributed by atoms with Crippen LogP contribution in [0.25, 0.3) is 10.6 Å². The quantitative estimate of drug-likeness (QED) is 0.668. The Bertz CT molecular complexity index is 567. The average Bonchev–Trinajstić information content (AvgIpc) is 2.74.